The molecule has 0 saturated carbocycles. The van der Waals surface area contributed by atoms with Crippen molar-refractivity contribution in [1.29, 1.82) is 0 Å². The zero-order valence-corrected chi connectivity index (χ0v) is 14.9. The van der Waals surface area contributed by atoms with Crippen molar-refractivity contribution in [2.45, 2.75) is 0 Å². The SMILES string of the molecule is NCCOCCOc1nc(Oc2ccccc2C(=O)O)cc(-c2ccco2)n1. The standard InChI is InChI=1S/C19H19N3O6/c20-7-9-25-10-11-27-19-21-14(16-6-3-8-26-16)12-17(22-19)28-15-5-2-1-4-13(15)18(23)24/h1-6,8,12H,7,9-11,20H2,(H,23,24). The Bertz CT molecular complexity index is 914. The fraction of sp³-hybridized carbons (Fsp3) is 0.211. The Morgan fingerprint density at radius 3 is 2.71 bits per heavy atom. The lowest BCUT2D eigenvalue weighted by Crippen LogP contribution is -2.14. The molecule has 3 rings (SSSR count). The molecule has 0 aliphatic carbocycles. The van der Waals surface area contributed by atoms with Gasteiger partial charge in [-0.3, -0.25) is 0 Å². The summed E-state index contributed by atoms with van der Waals surface area (Å²) in [7, 11) is 0. The Kier molecular flexibility index (Phi) is 6.55. The largest absolute Gasteiger partial charge is 0.478 e. The lowest BCUT2D eigenvalue weighted by Gasteiger charge is -2.11. The Morgan fingerprint density at radius 2 is 1.96 bits per heavy atom. The molecule has 0 bridgehead atoms. The van der Waals surface area contributed by atoms with Gasteiger partial charge in [0.15, 0.2) is 5.76 Å². The number of carbonyl (C=O) groups is 1. The minimum Gasteiger partial charge on any atom is -0.478 e. The molecule has 9 heteroatoms. The van der Waals surface area contributed by atoms with E-state index < -0.39 is 5.97 Å². The second-order valence-corrected chi connectivity index (χ2v) is 5.50. The van der Waals surface area contributed by atoms with Crippen LogP contribution in [0.15, 0.2) is 53.1 Å². The van der Waals surface area contributed by atoms with E-state index in [1.165, 1.54) is 18.4 Å². The van der Waals surface area contributed by atoms with Crippen molar-refractivity contribution in [2.24, 2.45) is 5.73 Å². The zero-order valence-electron chi connectivity index (χ0n) is 14.9. The van der Waals surface area contributed by atoms with Gasteiger partial charge in [-0.1, -0.05) is 12.1 Å². The van der Waals surface area contributed by atoms with Gasteiger partial charge in [0.25, 0.3) is 0 Å². The smallest absolute Gasteiger partial charge is 0.339 e. The highest BCUT2D eigenvalue weighted by atomic mass is 16.5. The van der Waals surface area contributed by atoms with E-state index in [2.05, 4.69) is 9.97 Å². The summed E-state index contributed by atoms with van der Waals surface area (Å²) in [6.07, 6.45) is 1.51. The van der Waals surface area contributed by atoms with Crippen molar-refractivity contribution < 1.29 is 28.5 Å². The van der Waals surface area contributed by atoms with Crippen LogP contribution < -0.4 is 15.2 Å². The minimum atomic E-state index is -1.11. The molecule has 3 N–H and O–H groups in total. The van der Waals surface area contributed by atoms with E-state index >= 15 is 0 Å². The summed E-state index contributed by atoms with van der Waals surface area (Å²) in [5.41, 5.74) is 5.81. The number of nitrogens with zero attached hydrogens (tertiary/aromatic N) is 2. The summed E-state index contributed by atoms with van der Waals surface area (Å²) in [5, 5.41) is 9.31. The first-order chi connectivity index (χ1) is 13.7. The van der Waals surface area contributed by atoms with Crippen LogP contribution in [-0.2, 0) is 4.74 Å². The molecule has 9 nitrogen and oxygen atoms in total. The lowest BCUT2D eigenvalue weighted by atomic mass is 10.2. The van der Waals surface area contributed by atoms with Crippen molar-refractivity contribution in [3.63, 3.8) is 0 Å². The molecule has 0 radical (unpaired) electrons. The molecule has 0 fully saturated rings. The van der Waals surface area contributed by atoms with Gasteiger partial charge in [-0.25, -0.2) is 4.79 Å². The molecule has 2 heterocycles. The molecule has 0 saturated heterocycles. The number of carboxylic acids is 1. The highest BCUT2D eigenvalue weighted by Gasteiger charge is 2.15. The molecule has 0 spiro atoms. The number of ether oxygens (including phenoxy) is 3. The minimum absolute atomic E-state index is 0.0123. The van der Waals surface area contributed by atoms with Gasteiger partial charge in [0.1, 0.15) is 23.6 Å². The average molecular weight is 385 g/mol. The van der Waals surface area contributed by atoms with Gasteiger partial charge < -0.3 is 29.5 Å². The summed E-state index contributed by atoms with van der Waals surface area (Å²) in [6.45, 7) is 1.39. The van der Waals surface area contributed by atoms with Crippen LogP contribution in [0, 0.1) is 0 Å². The molecular formula is C19H19N3O6. The fourth-order valence-electron chi connectivity index (χ4n) is 2.29. The van der Waals surface area contributed by atoms with Crippen LogP contribution in [0.1, 0.15) is 10.4 Å². The second kappa shape index (κ2) is 9.49. The number of benzene rings is 1. The lowest BCUT2D eigenvalue weighted by molar-refractivity contribution is 0.0694. The first kappa shape index (κ1) is 19.3. The van der Waals surface area contributed by atoms with Crippen molar-refractivity contribution in [3.05, 3.63) is 54.3 Å². The van der Waals surface area contributed by atoms with E-state index in [0.717, 1.165) is 0 Å². The topological polar surface area (TPSA) is 130 Å². The predicted molar refractivity (Wildman–Crippen MR) is 98.6 cm³/mol. The maximum Gasteiger partial charge on any atom is 0.339 e. The fourth-order valence-corrected chi connectivity index (χ4v) is 2.29. The van der Waals surface area contributed by atoms with E-state index in [1.54, 1.807) is 30.3 Å². The van der Waals surface area contributed by atoms with Crippen LogP contribution in [0.25, 0.3) is 11.5 Å². The van der Waals surface area contributed by atoms with Crippen LogP contribution in [0.5, 0.6) is 17.6 Å². The molecular weight excluding hydrogens is 366 g/mol. The van der Waals surface area contributed by atoms with Crippen LogP contribution in [0.2, 0.25) is 0 Å². The number of hydrogen-bond donors (Lipinski definition) is 2. The summed E-state index contributed by atoms with van der Waals surface area (Å²) >= 11 is 0. The number of carboxylic acid groups (broad SMARTS) is 1. The molecule has 2 aromatic heterocycles. The molecule has 0 atom stereocenters. The summed E-state index contributed by atoms with van der Waals surface area (Å²) in [4.78, 5) is 19.9. The normalized spacial score (nSPS) is 10.6. The van der Waals surface area contributed by atoms with Crippen LogP contribution >= 0.6 is 0 Å². The van der Waals surface area contributed by atoms with Gasteiger partial charge >= 0.3 is 12.0 Å². The van der Waals surface area contributed by atoms with Crippen LogP contribution in [-0.4, -0.2) is 47.4 Å². The third-order valence-corrected chi connectivity index (χ3v) is 3.51. The van der Waals surface area contributed by atoms with Crippen molar-refractivity contribution in [3.8, 4) is 29.1 Å². The second-order valence-electron chi connectivity index (χ2n) is 5.50. The highest BCUT2D eigenvalue weighted by molar-refractivity contribution is 5.90. The Hall–Kier alpha value is -3.43. The van der Waals surface area contributed by atoms with Crippen molar-refractivity contribution in [1.82, 2.24) is 9.97 Å². The summed E-state index contributed by atoms with van der Waals surface area (Å²) in [6, 6.07) is 11.3. The number of rotatable bonds is 10. The Labute approximate surface area is 160 Å². The van der Waals surface area contributed by atoms with Crippen molar-refractivity contribution in [2.75, 3.05) is 26.4 Å². The highest BCUT2D eigenvalue weighted by Crippen LogP contribution is 2.29. The number of furan rings is 1. The maximum atomic E-state index is 11.4. The summed E-state index contributed by atoms with van der Waals surface area (Å²) < 4.78 is 21.8. The Balaban J connectivity index is 1.84. The molecule has 0 amide bonds. The monoisotopic (exact) mass is 385 g/mol. The molecule has 3 aromatic rings. The third-order valence-electron chi connectivity index (χ3n) is 3.51. The van der Waals surface area contributed by atoms with Gasteiger partial charge in [-0.05, 0) is 24.3 Å². The van der Waals surface area contributed by atoms with E-state index in [9.17, 15) is 9.90 Å². The maximum absolute atomic E-state index is 11.4. The molecule has 146 valence electrons. The molecule has 28 heavy (non-hydrogen) atoms. The summed E-state index contributed by atoms with van der Waals surface area (Å²) in [5.74, 6) is -0.350. The van der Waals surface area contributed by atoms with Crippen LogP contribution in [0.4, 0.5) is 0 Å². The quantitative estimate of drug-likeness (QED) is 0.506. The average Bonchev–Trinajstić information content (AvgIpc) is 3.23. The first-order valence-corrected chi connectivity index (χ1v) is 8.51. The van der Waals surface area contributed by atoms with Crippen molar-refractivity contribution >= 4 is 5.97 Å². The van der Waals surface area contributed by atoms with Gasteiger partial charge in [-0.15, -0.1) is 0 Å². The van der Waals surface area contributed by atoms with E-state index in [4.69, 9.17) is 24.4 Å². The van der Waals surface area contributed by atoms with Crippen LogP contribution in [0.3, 0.4) is 0 Å². The van der Waals surface area contributed by atoms with E-state index in [1.807, 2.05) is 0 Å². The number of aromatic carboxylic acids is 1. The molecule has 0 unspecified atom stereocenters. The molecule has 0 aliphatic rings. The molecule has 1 aromatic carbocycles. The predicted octanol–water partition coefficient (Wildman–Crippen LogP) is 2.58. The third kappa shape index (κ3) is 5.06. The van der Waals surface area contributed by atoms with Gasteiger partial charge in [-0.2, -0.15) is 9.97 Å². The number of nitrogens with two attached hydrogens (primary N) is 1. The van der Waals surface area contributed by atoms with Gasteiger partial charge in [0, 0.05) is 12.6 Å². The first-order valence-electron chi connectivity index (χ1n) is 8.51. The van der Waals surface area contributed by atoms with Gasteiger partial charge in [0.05, 0.1) is 19.5 Å². The van der Waals surface area contributed by atoms with Gasteiger partial charge in [0.2, 0.25) is 5.88 Å². The zero-order chi connectivity index (χ0) is 19.8. The Morgan fingerprint density at radius 1 is 1.11 bits per heavy atom. The van der Waals surface area contributed by atoms with E-state index in [-0.39, 0.29) is 29.8 Å². The number of hydrogen-bond acceptors (Lipinski definition) is 8. The van der Waals surface area contributed by atoms with E-state index in [0.29, 0.717) is 31.2 Å². The molecule has 0 aliphatic heterocycles. The number of aromatic nitrogens is 2. The number of para-hydroxylation sites is 1.